The fraction of sp³-hybridized carbons (Fsp3) is 0.250. The number of carbonyl (C=O) groups is 1. The first-order valence-electron chi connectivity index (χ1n) is 8.95. The first-order valence-corrected chi connectivity index (χ1v) is 10.8. The van der Waals surface area contributed by atoms with Crippen LogP contribution in [-0.4, -0.2) is 63.6 Å². The third-order valence-electron chi connectivity index (χ3n) is 3.87. The van der Waals surface area contributed by atoms with Crippen molar-refractivity contribution in [3.05, 3.63) is 64.6 Å². The highest BCUT2D eigenvalue weighted by Gasteiger charge is 2.36. The molecule has 0 aliphatic rings. The second-order valence-electron chi connectivity index (χ2n) is 7.05. The number of benzene rings is 1. The standard InChI is InChI=1S/C20H20ClF3N4O3S/c1-27(2)11-17(13-5-7-15(21)8-6-13)32(30,31)16-9-14(20(22,23)24)10-25-18(16)19(29)26-12-28(3)4/h5-12H,1-4H3/b17-11+,26-12?. The normalized spacial score (nSPS) is 12.8. The molecule has 2 aromatic rings. The van der Waals surface area contributed by atoms with Gasteiger partial charge in [-0.25, -0.2) is 13.4 Å². The summed E-state index contributed by atoms with van der Waals surface area (Å²) in [6.07, 6.45) is -2.17. The molecule has 32 heavy (non-hydrogen) atoms. The maximum absolute atomic E-state index is 13.5. The van der Waals surface area contributed by atoms with Gasteiger partial charge in [-0.3, -0.25) is 4.79 Å². The van der Waals surface area contributed by atoms with Crippen LogP contribution in [0.25, 0.3) is 4.91 Å². The van der Waals surface area contributed by atoms with Crippen molar-refractivity contribution in [2.24, 2.45) is 4.99 Å². The summed E-state index contributed by atoms with van der Waals surface area (Å²) < 4.78 is 67.1. The van der Waals surface area contributed by atoms with E-state index in [-0.39, 0.29) is 10.5 Å². The van der Waals surface area contributed by atoms with Crippen LogP contribution in [0.1, 0.15) is 21.6 Å². The van der Waals surface area contributed by atoms with E-state index in [0.717, 1.165) is 6.34 Å². The van der Waals surface area contributed by atoms with E-state index < -0.39 is 38.1 Å². The number of rotatable bonds is 6. The number of hydrogen-bond donors (Lipinski definition) is 0. The van der Waals surface area contributed by atoms with Crippen LogP contribution in [0.4, 0.5) is 13.2 Å². The Hall–Kier alpha value is -2.92. The van der Waals surface area contributed by atoms with Crippen molar-refractivity contribution in [3.63, 3.8) is 0 Å². The van der Waals surface area contributed by atoms with Gasteiger partial charge in [0.15, 0.2) is 0 Å². The summed E-state index contributed by atoms with van der Waals surface area (Å²) >= 11 is 5.87. The lowest BCUT2D eigenvalue weighted by Gasteiger charge is -2.16. The predicted molar refractivity (Wildman–Crippen MR) is 116 cm³/mol. The maximum Gasteiger partial charge on any atom is 0.417 e. The number of carbonyl (C=O) groups excluding carboxylic acids is 1. The van der Waals surface area contributed by atoms with Crippen molar-refractivity contribution in [1.29, 1.82) is 0 Å². The van der Waals surface area contributed by atoms with Gasteiger partial charge in [-0.15, -0.1) is 0 Å². The molecule has 0 radical (unpaired) electrons. The highest BCUT2D eigenvalue weighted by Crippen LogP contribution is 2.35. The second kappa shape index (κ2) is 9.70. The minimum absolute atomic E-state index is 0.163. The summed E-state index contributed by atoms with van der Waals surface area (Å²) in [7, 11) is 1.56. The third kappa shape index (κ3) is 6.07. The van der Waals surface area contributed by atoms with Gasteiger partial charge < -0.3 is 9.80 Å². The fourth-order valence-electron chi connectivity index (χ4n) is 2.46. The van der Waals surface area contributed by atoms with Crippen molar-refractivity contribution in [1.82, 2.24) is 14.8 Å². The number of aliphatic imine (C=N–C) groups is 1. The Balaban J connectivity index is 2.82. The van der Waals surface area contributed by atoms with E-state index >= 15 is 0 Å². The monoisotopic (exact) mass is 488 g/mol. The van der Waals surface area contributed by atoms with Gasteiger partial charge in [0.25, 0.3) is 5.91 Å². The van der Waals surface area contributed by atoms with Gasteiger partial charge in [0.05, 0.1) is 16.8 Å². The summed E-state index contributed by atoms with van der Waals surface area (Å²) in [5, 5.41) is 0.338. The Morgan fingerprint density at radius 3 is 2.19 bits per heavy atom. The lowest BCUT2D eigenvalue weighted by atomic mass is 10.2. The van der Waals surface area contributed by atoms with E-state index in [0.29, 0.717) is 17.3 Å². The molecule has 0 bridgehead atoms. The molecule has 7 nitrogen and oxygen atoms in total. The first kappa shape index (κ1) is 25.3. The van der Waals surface area contributed by atoms with Crippen molar-refractivity contribution in [3.8, 4) is 0 Å². The molecule has 0 saturated carbocycles. The average Bonchev–Trinajstić information content (AvgIpc) is 2.69. The summed E-state index contributed by atoms with van der Waals surface area (Å²) in [6, 6.07) is 6.07. The lowest BCUT2D eigenvalue weighted by Crippen LogP contribution is -2.18. The topological polar surface area (TPSA) is 82.9 Å². The molecular weight excluding hydrogens is 469 g/mol. The lowest BCUT2D eigenvalue weighted by molar-refractivity contribution is -0.138. The molecule has 2 rings (SSSR count). The zero-order valence-corrected chi connectivity index (χ0v) is 19.1. The molecule has 0 spiro atoms. The number of nitrogens with zero attached hydrogens (tertiary/aromatic N) is 4. The van der Waals surface area contributed by atoms with E-state index in [1.54, 1.807) is 28.2 Å². The number of pyridine rings is 1. The van der Waals surface area contributed by atoms with Crippen LogP contribution in [0.15, 0.2) is 52.6 Å². The highest BCUT2D eigenvalue weighted by molar-refractivity contribution is 8.00. The van der Waals surface area contributed by atoms with E-state index in [4.69, 9.17) is 11.6 Å². The molecular formula is C20H20ClF3N4O3S. The van der Waals surface area contributed by atoms with Crippen LogP contribution in [0.5, 0.6) is 0 Å². The SMILES string of the molecule is CN(C)C=NC(=O)c1ncc(C(F)(F)F)cc1S(=O)(=O)/C(=C/N(C)C)c1ccc(Cl)cc1. The summed E-state index contributed by atoms with van der Waals surface area (Å²) in [5.74, 6) is -1.11. The molecule has 0 fully saturated rings. The van der Waals surface area contributed by atoms with E-state index in [9.17, 15) is 26.4 Å². The van der Waals surface area contributed by atoms with Crippen molar-refractivity contribution in [2.45, 2.75) is 11.1 Å². The molecule has 0 aliphatic carbocycles. The van der Waals surface area contributed by atoms with E-state index in [2.05, 4.69) is 9.98 Å². The molecule has 0 atom stereocenters. The molecule has 1 aromatic heterocycles. The van der Waals surface area contributed by atoms with Crippen LogP contribution >= 0.6 is 11.6 Å². The van der Waals surface area contributed by atoms with Crippen molar-refractivity contribution < 1.29 is 26.4 Å². The fourth-order valence-corrected chi connectivity index (χ4v) is 4.30. The van der Waals surface area contributed by atoms with Gasteiger partial charge >= 0.3 is 6.18 Å². The van der Waals surface area contributed by atoms with Gasteiger partial charge in [0, 0.05) is 45.6 Å². The number of alkyl halides is 3. The van der Waals surface area contributed by atoms with Gasteiger partial charge in [-0.05, 0) is 23.8 Å². The predicted octanol–water partition coefficient (Wildman–Crippen LogP) is 3.82. The van der Waals surface area contributed by atoms with E-state index in [1.165, 1.54) is 40.3 Å². The van der Waals surface area contributed by atoms with Crippen LogP contribution in [0.3, 0.4) is 0 Å². The van der Waals surface area contributed by atoms with Gasteiger partial charge in [-0.1, -0.05) is 23.7 Å². The summed E-state index contributed by atoms with van der Waals surface area (Å²) in [5.41, 5.74) is -1.88. The number of sulfone groups is 1. The van der Waals surface area contributed by atoms with Crippen LogP contribution < -0.4 is 0 Å². The second-order valence-corrected chi connectivity index (χ2v) is 9.37. The minimum atomic E-state index is -4.88. The molecule has 0 N–H and O–H groups in total. The average molecular weight is 489 g/mol. The molecule has 0 aliphatic heterocycles. The first-order chi connectivity index (χ1) is 14.7. The van der Waals surface area contributed by atoms with Crippen LogP contribution in [0.2, 0.25) is 5.02 Å². The number of aromatic nitrogens is 1. The van der Waals surface area contributed by atoms with Gasteiger partial charge in [0.1, 0.15) is 10.6 Å². The minimum Gasteiger partial charge on any atom is -0.382 e. The van der Waals surface area contributed by atoms with Crippen molar-refractivity contribution in [2.75, 3.05) is 28.2 Å². The molecule has 172 valence electrons. The summed E-state index contributed by atoms with van der Waals surface area (Å²) in [4.78, 5) is 21.2. The molecule has 1 aromatic carbocycles. The molecule has 12 heteroatoms. The Labute approximate surface area is 188 Å². The Morgan fingerprint density at radius 1 is 1.09 bits per heavy atom. The van der Waals surface area contributed by atoms with Crippen LogP contribution in [0, 0.1) is 0 Å². The van der Waals surface area contributed by atoms with Crippen LogP contribution in [-0.2, 0) is 16.0 Å². The molecule has 0 unspecified atom stereocenters. The number of amides is 1. The molecule has 1 amide bonds. The summed E-state index contributed by atoms with van der Waals surface area (Å²) in [6.45, 7) is 0. The quantitative estimate of drug-likeness (QED) is 0.454. The Morgan fingerprint density at radius 2 is 1.69 bits per heavy atom. The zero-order valence-electron chi connectivity index (χ0n) is 17.6. The van der Waals surface area contributed by atoms with Gasteiger partial charge in [0.2, 0.25) is 9.84 Å². The third-order valence-corrected chi connectivity index (χ3v) is 5.93. The maximum atomic E-state index is 13.5. The molecule has 1 heterocycles. The highest BCUT2D eigenvalue weighted by atomic mass is 35.5. The Kier molecular flexibility index (Phi) is 7.68. The largest absolute Gasteiger partial charge is 0.417 e. The van der Waals surface area contributed by atoms with Crippen molar-refractivity contribution >= 4 is 38.6 Å². The smallest absolute Gasteiger partial charge is 0.382 e. The zero-order chi connectivity index (χ0) is 24.3. The van der Waals surface area contributed by atoms with Gasteiger partial charge in [-0.2, -0.15) is 18.2 Å². The number of hydrogen-bond acceptors (Lipinski definition) is 5. The Bertz CT molecular complexity index is 1160. The molecule has 0 saturated heterocycles. The van der Waals surface area contributed by atoms with E-state index in [1.807, 2.05) is 0 Å². The number of halogens is 4.